The first-order valence-corrected chi connectivity index (χ1v) is 5.89. The van der Waals surface area contributed by atoms with Gasteiger partial charge < -0.3 is 18.9 Å². The van der Waals surface area contributed by atoms with Crippen molar-refractivity contribution in [2.45, 2.75) is 20.0 Å². The fraction of sp³-hybridized carbons (Fsp3) is 0.833. The van der Waals surface area contributed by atoms with Crippen molar-refractivity contribution in [3.63, 3.8) is 0 Å². The first-order chi connectivity index (χ1) is 7.93. The summed E-state index contributed by atoms with van der Waals surface area (Å²) in [5.41, 5.74) is 0. The lowest BCUT2D eigenvalue weighted by Gasteiger charge is -2.04. The van der Waals surface area contributed by atoms with Crippen LogP contribution in [0.3, 0.4) is 0 Å². The second kappa shape index (κ2) is 12.6. The van der Waals surface area contributed by atoms with Crippen LogP contribution in [0, 0.1) is 0 Å². The molecule has 1 aliphatic heterocycles. The van der Waals surface area contributed by atoms with Gasteiger partial charge in [0.25, 0.3) is 0 Å². The molecular weight excluding hydrogens is 208 g/mol. The maximum absolute atomic E-state index is 5.28. The van der Waals surface area contributed by atoms with E-state index in [1.807, 2.05) is 13.8 Å². The van der Waals surface area contributed by atoms with E-state index in [1.165, 1.54) is 0 Å². The Labute approximate surface area is 98.5 Å². The van der Waals surface area contributed by atoms with E-state index in [2.05, 4.69) is 6.58 Å². The van der Waals surface area contributed by atoms with Gasteiger partial charge in [0, 0.05) is 0 Å². The van der Waals surface area contributed by atoms with Gasteiger partial charge in [-0.2, -0.15) is 0 Å². The first-order valence-electron chi connectivity index (χ1n) is 5.89. The summed E-state index contributed by atoms with van der Waals surface area (Å²) in [7, 11) is 0. The van der Waals surface area contributed by atoms with E-state index in [0.717, 1.165) is 6.61 Å². The number of hydrogen-bond acceptors (Lipinski definition) is 4. The molecule has 0 bridgehead atoms. The van der Waals surface area contributed by atoms with Gasteiger partial charge in [0.2, 0.25) is 0 Å². The molecule has 4 nitrogen and oxygen atoms in total. The van der Waals surface area contributed by atoms with Crippen LogP contribution in [-0.4, -0.2) is 52.4 Å². The summed E-state index contributed by atoms with van der Waals surface area (Å²) in [4.78, 5) is 0. The van der Waals surface area contributed by atoms with Gasteiger partial charge in [0.15, 0.2) is 0 Å². The van der Waals surface area contributed by atoms with Crippen molar-refractivity contribution in [2.24, 2.45) is 0 Å². The Balaban J connectivity index is 0.00000106. The van der Waals surface area contributed by atoms with Gasteiger partial charge in [-0.05, 0) is 0 Å². The molecule has 0 aromatic carbocycles. The van der Waals surface area contributed by atoms with E-state index >= 15 is 0 Å². The molecule has 0 aromatic rings. The Bertz CT molecular complexity index is 146. The Kier molecular flexibility index (Phi) is 12.3. The number of epoxide rings is 1. The van der Waals surface area contributed by atoms with Crippen LogP contribution in [0.15, 0.2) is 12.7 Å². The van der Waals surface area contributed by atoms with Crippen molar-refractivity contribution in [3.05, 3.63) is 12.7 Å². The zero-order valence-electron chi connectivity index (χ0n) is 10.4. The second-order valence-corrected chi connectivity index (χ2v) is 3.01. The summed E-state index contributed by atoms with van der Waals surface area (Å²) < 4.78 is 20.7. The highest BCUT2D eigenvalue weighted by molar-refractivity contribution is 4.66. The minimum absolute atomic E-state index is 0.339. The normalized spacial score (nSPS) is 17.5. The lowest BCUT2D eigenvalue weighted by Crippen LogP contribution is -2.11. The molecule has 4 heteroatoms. The fourth-order valence-corrected chi connectivity index (χ4v) is 0.883. The van der Waals surface area contributed by atoms with Crippen LogP contribution in [0.2, 0.25) is 0 Å². The van der Waals surface area contributed by atoms with E-state index in [9.17, 15) is 0 Å². The molecule has 0 amide bonds. The van der Waals surface area contributed by atoms with Crippen molar-refractivity contribution in [2.75, 3.05) is 46.2 Å². The highest BCUT2D eigenvalue weighted by Crippen LogP contribution is 2.07. The first kappa shape index (κ1) is 15.6. The predicted octanol–water partition coefficient (Wildman–Crippen LogP) is 1.65. The van der Waals surface area contributed by atoms with Crippen LogP contribution < -0.4 is 0 Å². The van der Waals surface area contributed by atoms with Gasteiger partial charge in [-0.15, -0.1) is 6.58 Å². The molecule has 1 unspecified atom stereocenters. The average molecular weight is 232 g/mol. The number of rotatable bonds is 10. The Morgan fingerprint density at radius 1 is 1.12 bits per heavy atom. The monoisotopic (exact) mass is 232 g/mol. The summed E-state index contributed by atoms with van der Waals surface area (Å²) in [6.07, 6.45) is 2.06. The van der Waals surface area contributed by atoms with Gasteiger partial charge in [-0.3, -0.25) is 0 Å². The lowest BCUT2D eigenvalue weighted by atomic mass is 10.5. The summed E-state index contributed by atoms with van der Waals surface area (Å²) in [6.45, 7) is 12.1. The minimum Gasteiger partial charge on any atom is -0.377 e. The van der Waals surface area contributed by atoms with E-state index in [0.29, 0.717) is 45.7 Å². The minimum atomic E-state index is 0.339. The van der Waals surface area contributed by atoms with Crippen LogP contribution in [-0.2, 0) is 18.9 Å². The van der Waals surface area contributed by atoms with Crippen molar-refractivity contribution in [3.8, 4) is 0 Å². The average Bonchev–Trinajstić information content (AvgIpc) is 3.14. The van der Waals surface area contributed by atoms with Crippen LogP contribution in [0.4, 0.5) is 0 Å². The number of ether oxygens (including phenoxy) is 4. The maximum Gasteiger partial charge on any atom is 0.104 e. The van der Waals surface area contributed by atoms with Gasteiger partial charge in [0.1, 0.15) is 6.10 Å². The zero-order valence-corrected chi connectivity index (χ0v) is 10.4. The zero-order chi connectivity index (χ0) is 12.1. The smallest absolute Gasteiger partial charge is 0.104 e. The molecule has 0 aliphatic carbocycles. The van der Waals surface area contributed by atoms with E-state index in [4.69, 9.17) is 18.9 Å². The van der Waals surface area contributed by atoms with Gasteiger partial charge in [-0.25, -0.2) is 0 Å². The predicted molar refractivity (Wildman–Crippen MR) is 63.7 cm³/mol. The van der Waals surface area contributed by atoms with Crippen molar-refractivity contribution >= 4 is 0 Å². The van der Waals surface area contributed by atoms with Gasteiger partial charge in [0.05, 0.1) is 46.2 Å². The van der Waals surface area contributed by atoms with Crippen LogP contribution >= 0.6 is 0 Å². The molecule has 1 heterocycles. The standard InChI is InChI=1S/C10H18O4.C2H6/c1-2-3-11-4-5-12-6-7-13-8-10-9-14-10;1-2/h2,10H,1,3-9H2;1-2H3. The third-order valence-electron chi connectivity index (χ3n) is 1.69. The Hall–Kier alpha value is -0.420. The third kappa shape index (κ3) is 11.7. The SMILES string of the molecule is C=CCOCCOCCOCC1CO1.CC. The molecule has 1 saturated heterocycles. The van der Waals surface area contributed by atoms with Gasteiger partial charge >= 0.3 is 0 Å². The highest BCUT2D eigenvalue weighted by atomic mass is 16.6. The largest absolute Gasteiger partial charge is 0.377 e. The molecule has 0 N–H and O–H groups in total. The van der Waals surface area contributed by atoms with E-state index in [1.54, 1.807) is 6.08 Å². The molecule has 1 atom stereocenters. The Morgan fingerprint density at radius 2 is 1.69 bits per heavy atom. The molecular formula is C12H24O4. The molecule has 0 spiro atoms. The Morgan fingerprint density at radius 3 is 2.25 bits per heavy atom. The van der Waals surface area contributed by atoms with Crippen molar-refractivity contribution < 1.29 is 18.9 Å². The van der Waals surface area contributed by atoms with Crippen molar-refractivity contribution in [1.29, 1.82) is 0 Å². The topological polar surface area (TPSA) is 40.2 Å². The van der Waals surface area contributed by atoms with Crippen LogP contribution in [0.25, 0.3) is 0 Å². The van der Waals surface area contributed by atoms with Crippen LogP contribution in [0.1, 0.15) is 13.8 Å². The third-order valence-corrected chi connectivity index (χ3v) is 1.69. The van der Waals surface area contributed by atoms with E-state index in [-0.39, 0.29) is 0 Å². The molecule has 0 saturated carbocycles. The second-order valence-electron chi connectivity index (χ2n) is 3.01. The van der Waals surface area contributed by atoms with Crippen LogP contribution in [0.5, 0.6) is 0 Å². The summed E-state index contributed by atoms with van der Waals surface area (Å²) in [5, 5.41) is 0. The molecule has 96 valence electrons. The summed E-state index contributed by atoms with van der Waals surface area (Å²) >= 11 is 0. The summed E-state index contributed by atoms with van der Waals surface area (Å²) in [6, 6.07) is 0. The van der Waals surface area contributed by atoms with E-state index < -0.39 is 0 Å². The maximum atomic E-state index is 5.28. The molecule has 1 aliphatic rings. The van der Waals surface area contributed by atoms with Crippen molar-refractivity contribution in [1.82, 2.24) is 0 Å². The highest BCUT2D eigenvalue weighted by Gasteiger charge is 2.21. The lowest BCUT2D eigenvalue weighted by molar-refractivity contribution is 0.0164. The molecule has 16 heavy (non-hydrogen) atoms. The fourth-order valence-electron chi connectivity index (χ4n) is 0.883. The summed E-state index contributed by atoms with van der Waals surface area (Å²) in [5.74, 6) is 0. The molecule has 1 rings (SSSR count). The van der Waals surface area contributed by atoms with Gasteiger partial charge in [-0.1, -0.05) is 19.9 Å². The number of hydrogen-bond donors (Lipinski definition) is 0. The quantitative estimate of drug-likeness (QED) is 0.326. The molecule has 1 fully saturated rings. The molecule has 0 radical (unpaired) electrons. The molecule has 0 aromatic heterocycles.